The molecule has 0 radical (unpaired) electrons. The fourth-order valence-corrected chi connectivity index (χ4v) is 1.07. The van der Waals surface area contributed by atoms with Gasteiger partial charge in [-0.05, 0) is 43.4 Å². The van der Waals surface area contributed by atoms with E-state index in [4.69, 9.17) is 22.1 Å². The van der Waals surface area contributed by atoms with Crippen LogP contribution in [0.1, 0.15) is 12.5 Å². The van der Waals surface area contributed by atoms with Gasteiger partial charge in [-0.25, -0.2) is 0 Å². The van der Waals surface area contributed by atoms with Crippen LogP contribution in [-0.4, -0.2) is 16.8 Å². The molecule has 0 spiro atoms. The molecule has 0 aliphatic rings. The van der Waals surface area contributed by atoms with E-state index >= 15 is 0 Å². The van der Waals surface area contributed by atoms with Gasteiger partial charge in [0, 0.05) is 5.56 Å². The van der Waals surface area contributed by atoms with Crippen molar-refractivity contribution >= 4 is 17.3 Å². The van der Waals surface area contributed by atoms with Crippen molar-refractivity contribution in [2.45, 2.75) is 6.92 Å². The molecule has 64 valence electrons. The zero-order valence-electron chi connectivity index (χ0n) is 6.78. The number of hydrogen-bond donors (Lipinski definition) is 1. The van der Waals surface area contributed by atoms with Crippen molar-refractivity contribution in [3.8, 4) is 5.75 Å². The maximum atomic E-state index is 8.98. The molecule has 0 unspecified atom stereocenters. The second-order valence-electron chi connectivity index (χ2n) is 2.27. The third-order valence-electron chi connectivity index (χ3n) is 1.38. The van der Waals surface area contributed by atoms with Crippen molar-refractivity contribution in [3.63, 3.8) is 0 Å². The number of phenolic OH excluding ortho intramolecular Hbond substituents is 1. The highest BCUT2D eigenvalue weighted by Gasteiger charge is 1.99. The summed E-state index contributed by atoms with van der Waals surface area (Å²) in [5.41, 5.74) is 0.824. The molecule has 0 heterocycles. The predicted octanol–water partition coefficient (Wildman–Crippen LogP) is 2.10. The van der Waals surface area contributed by atoms with E-state index in [1.165, 1.54) is 0 Å². The fraction of sp³-hybridized carbons (Fsp3) is 0.222. The second kappa shape index (κ2) is 4.07. The number of hydrogen-bond acceptors (Lipinski definition) is 3. The number of phenols is 1. The Kier molecular flexibility index (Phi) is 3.05. The molecule has 0 aromatic heterocycles. The molecule has 3 heteroatoms. The lowest BCUT2D eigenvalue weighted by Gasteiger charge is -2.03. The van der Waals surface area contributed by atoms with Crippen LogP contribution in [0.4, 0.5) is 0 Å². The van der Waals surface area contributed by atoms with Crippen LogP contribution in [0.5, 0.6) is 5.75 Å². The van der Waals surface area contributed by atoms with Gasteiger partial charge in [-0.15, -0.1) is 0 Å². The minimum absolute atomic E-state index is 0.234. The number of benzene rings is 1. The van der Waals surface area contributed by atoms with Crippen molar-refractivity contribution in [1.29, 1.82) is 0 Å². The van der Waals surface area contributed by atoms with Crippen LogP contribution in [0.3, 0.4) is 0 Å². The first kappa shape index (κ1) is 9.00. The minimum Gasteiger partial charge on any atom is -0.508 e. The van der Waals surface area contributed by atoms with Gasteiger partial charge in [0.15, 0.2) is 5.05 Å². The van der Waals surface area contributed by atoms with Crippen LogP contribution < -0.4 is 0 Å². The van der Waals surface area contributed by atoms with Crippen LogP contribution in [0.15, 0.2) is 24.3 Å². The molecule has 0 bridgehead atoms. The molecule has 0 aliphatic carbocycles. The summed E-state index contributed by atoms with van der Waals surface area (Å²) in [5, 5.41) is 9.45. The third-order valence-corrected chi connectivity index (χ3v) is 1.73. The van der Waals surface area contributed by atoms with Gasteiger partial charge in [-0.3, -0.25) is 0 Å². The van der Waals surface area contributed by atoms with Crippen molar-refractivity contribution in [2.24, 2.45) is 0 Å². The Morgan fingerprint density at radius 2 is 2.00 bits per heavy atom. The maximum Gasteiger partial charge on any atom is 0.191 e. The van der Waals surface area contributed by atoms with Crippen LogP contribution >= 0.6 is 12.2 Å². The van der Waals surface area contributed by atoms with Crippen LogP contribution in [0, 0.1) is 0 Å². The van der Waals surface area contributed by atoms with Crippen molar-refractivity contribution in [3.05, 3.63) is 29.8 Å². The highest BCUT2D eigenvalue weighted by molar-refractivity contribution is 7.80. The number of rotatable bonds is 2. The molecule has 0 saturated carbocycles. The lowest BCUT2D eigenvalue weighted by molar-refractivity contribution is 0.337. The SMILES string of the molecule is CCOC(=S)c1ccc(O)cc1. The van der Waals surface area contributed by atoms with Gasteiger partial charge in [0.05, 0.1) is 6.61 Å². The molecule has 0 aliphatic heterocycles. The van der Waals surface area contributed by atoms with E-state index < -0.39 is 0 Å². The van der Waals surface area contributed by atoms with E-state index in [0.29, 0.717) is 11.7 Å². The molecule has 1 aromatic carbocycles. The van der Waals surface area contributed by atoms with Gasteiger partial charge >= 0.3 is 0 Å². The minimum atomic E-state index is 0.234. The normalized spacial score (nSPS) is 9.42. The van der Waals surface area contributed by atoms with Crippen LogP contribution in [0.2, 0.25) is 0 Å². The van der Waals surface area contributed by atoms with Crippen molar-refractivity contribution in [2.75, 3.05) is 6.61 Å². The smallest absolute Gasteiger partial charge is 0.191 e. The van der Waals surface area contributed by atoms with E-state index in [0.717, 1.165) is 5.56 Å². The summed E-state index contributed by atoms with van der Waals surface area (Å²) in [5.74, 6) is 0.234. The van der Waals surface area contributed by atoms with Crippen molar-refractivity contribution < 1.29 is 9.84 Å². The molecular formula is C9H10O2S. The third kappa shape index (κ3) is 2.20. The van der Waals surface area contributed by atoms with E-state index in [2.05, 4.69) is 0 Å². The molecule has 0 saturated heterocycles. The topological polar surface area (TPSA) is 29.5 Å². The van der Waals surface area contributed by atoms with E-state index in [9.17, 15) is 0 Å². The summed E-state index contributed by atoms with van der Waals surface area (Å²) in [7, 11) is 0. The van der Waals surface area contributed by atoms with Gasteiger partial charge in [-0.1, -0.05) is 0 Å². The molecule has 1 aromatic rings. The van der Waals surface area contributed by atoms with E-state index in [1.807, 2.05) is 6.92 Å². The number of aromatic hydroxyl groups is 1. The zero-order valence-corrected chi connectivity index (χ0v) is 7.60. The highest BCUT2D eigenvalue weighted by Crippen LogP contribution is 2.10. The molecule has 1 rings (SSSR count). The first-order valence-corrected chi connectivity index (χ1v) is 4.11. The van der Waals surface area contributed by atoms with Gasteiger partial charge in [-0.2, -0.15) is 0 Å². The molecular weight excluding hydrogens is 172 g/mol. The maximum absolute atomic E-state index is 8.98. The van der Waals surface area contributed by atoms with E-state index in [-0.39, 0.29) is 5.75 Å². The summed E-state index contributed by atoms with van der Waals surface area (Å²) in [6.45, 7) is 2.45. The fourth-order valence-electron chi connectivity index (χ4n) is 0.812. The molecule has 2 nitrogen and oxygen atoms in total. The highest BCUT2D eigenvalue weighted by atomic mass is 32.1. The molecule has 0 atom stereocenters. The monoisotopic (exact) mass is 182 g/mol. The van der Waals surface area contributed by atoms with Gasteiger partial charge in [0.2, 0.25) is 0 Å². The Labute approximate surface area is 76.8 Å². The lowest BCUT2D eigenvalue weighted by Crippen LogP contribution is -2.02. The van der Waals surface area contributed by atoms with Crippen LogP contribution in [-0.2, 0) is 4.74 Å². The first-order chi connectivity index (χ1) is 5.74. The number of thiocarbonyl (C=S) groups is 1. The molecule has 12 heavy (non-hydrogen) atoms. The second-order valence-corrected chi connectivity index (χ2v) is 2.64. The van der Waals surface area contributed by atoms with E-state index in [1.54, 1.807) is 24.3 Å². The zero-order chi connectivity index (χ0) is 8.97. The Morgan fingerprint density at radius 1 is 1.42 bits per heavy atom. The number of ether oxygens (including phenoxy) is 1. The summed E-state index contributed by atoms with van der Waals surface area (Å²) >= 11 is 4.96. The van der Waals surface area contributed by atoms with Crippen molar-refractivity contribution in [1.82, 2.24) is 0 Å². The summed E-state index contributed by atoms with van der Waals surface area (Å²) in [6, 6.07) is 6.63. The molecule has 0 amide bonds. The summed E-state index contributed by atoms with van der Waals surface area (Å²) in [6.07, 6.45) is 0. The van der Waals surface area contributed by atoms with Gasteiger partial charge in [0.1, 0.15) is 5.75 Å². The predicted molar refractivity (Wildman–Crippen MR) is 51.4 cm³/mol. The standard InChI is InChI=1S/C9H10O2S/c1-2-11-9(12)7-3-5-8(10)6-4-7/h3-6,10H,2H2,1H3. The van der Waals surface area contributed by atoms with Gasteiger partial charge in [0.25, 0.3) is 0 Å². The molecule has 1 N–H and O–H groups in total. The Bertz CT molecular complexity index is 266. The Hall–Kier alpha value is -1.09. The summed E-state index contributed by atoms with van der Waals surface area (Å²) < 4.78 is 5.12. The van der Waals surface area contributed by atoms with Gasteiger partial charge < -0.3 is 9.84 Å². The van der Waals surface area contributed by atoms with Crippen LogP contribution in [0.25, 0.3) is 0 Å². The first-order valence-electron chi connectivity index (χ1n) is 3.70. The average molecular weight is 182 g/mol. The lowest BCUT2D eigenvalue weighted by atomic mass is 10.2. The Balaban J connectivity index is 2.75. The average Bonchev–Trinajstić information content (AvgIpc) is 2.06. The Morgan fingerprint density at radius 3 is 2.50 bits per heavy atom. The summed E-state index contributed by atoms with van der Waals surface area (Å²) in [4.78, 5) is 0. The quantitative estimate of drug-likeness (QED) is 0.710. The molecule has 0 fully saturated rings. The largest absolute Gasteiger partial charge is 0.508 e.